The SMILES string of the molecule is CC(C)C(NC(=O)OC(C)(C)C)C(=O)OCC1Cc2cc([N+](=O)[O-])ccc2N1C(c1ccccc1)C(c1ccccc1)N1c2ccc([N+](=O)[O-])cc2CC1COC(=O)C(NC(=O)OC(C)(C)C)C(C)C. The second kappa shape index (κ2) is 21.6. The molecule has 0 aliphatic carbocycles. The van der Waals surface area contributed by atoms with Gasteiger partial charge in [0, 0.05) is 35.6 Å². The van der Waals surface area contributed by atoms with Crippen LogP contribution in [0.1, 0.15) is 104 Å². The van der Waals surface area contributed by atoms with Crippen LogP contribution in [0.2, 0.25) is 0 Å². The van der Waals surface area contributed by atoms with Crippen molar-refractivity contribution in [2.75, 3.05) is 23.0 Å². The quantitative estimate of drug-likeness (QED) is 0.0436. The molecule has 0 spiro atoms. The van der Waals surface area contributed by atoms with Gasteiger partial charge in [-0.2, -0.15) is 0 Å². The highest BCUT2D eigenvalue weighted by molar-refractivity contribution is 5.83. The van der Waals surface area contributed by atoms with Crippen molar-refractivity contribution in [1.29, 1.82) is 0 Å². The molecule has 2 amide bonds. The number of amides is 2. The maximum atomic E-state index is 14.0. The van der Waals surface area contributed by atoms with E-state index in [0.717, 1.165) is 11.1 Å². The molecule has 374 valence electrons. The Morgan fingerprint density at radius 1 is 0.586 bits per heavy atom. The number of rotatable bonds is 17. The Morgan fingerprint density at radius 2 is 0.929 bits per heavy atom. The third-order valence-corrected chi connectivity index (χ3v) is 12.0. The Balaban J connectivity index is 1.48. The fourth-order valence-corrected chi connectivity index (χ4v) is 9.02. The van der Waals surface area contributed by atoms with Crippen molar-refractivity contribution in [3.63, 3.8) is 0 Å². The smallest absolute Gasteiger partial charge is 0.408 e. The van der Waals surface area contributed by atoms with Gasteiger partial charge in [-0.05, 0) is 101 Å². The molecule has 0 aromatic heterocycles. The second-order valence-corrected chi connectivity index (χ2v) is 20.4. The lowest BCUT2D eigenvalue weighted by atomic mass is 9.89. The summed E-state index contributed by atoms with van der Waals surface area (Å²) in [6.45, 7) is 17.0. The number of alkyl carbamates (subject to hydrolysis) is 2. The van der Waals surface area contributed by atoms with Gasteiger partial charge in [0.1, 0.15) is 36.5 Å². The molecule has 2 aliphatic heterocycles. The molecule has 6 atom stereocenters. The van der Waals surface area contributed by atoms with Crippen LogP contribution in [0.4, 0.5) is 32.3 Å². The molecule has 4 aromatic carbocycles. The molecular weight excluding hydrogens is 901 g/mol. The minimum atomic E-state index is -1.07. The molecular formula is C52H64N6O12. The summed E-state index contributed by atoms with van der Waals surface area (Å²) in [5.74, 6) is -2.17. The number of carbonyl (C=O) groups is 4. The number of benzene rings is 4. The third kappa shape index (κ3) is 12.7. The highest BCUT2D eigenvalue weighted by atomic mass is 16.6. The number of esters is 2. The Bertz CT molecular complexity index is 2370. The van der Waals surface area contributed by atoms with Crippen LogP contribution < -0.4 is 20.4 Å². The predicted molar refractivity (Wildman–Crippen MR) is 262 cm³/mol. The molecule has 6 unspecified atom stereocenters. The summed E-state index contributed by atoms with van der Waals surface area (Å²) >= 11 is 0. The van der Waals surface area contributed by atoms with Crippen molar-refractivity contribution >= 4 is 46.9 Å². The second-order valence-electron chi connectivity index (χ2n) is 20.4. The number of ether oxygens (including phenoxy) is 4. The summed E-state index contributed by atoms with van der Waals surface area (Å²) in [4.78, 5) is 81.6. The van der Waals surface area contributed by atoms with Crippen molar-refractivity contribution in [3.8, 4) is 0 Å². The van der Waals surface area contributed by atoms with Crippen LogP contribution in [-0.2, 0) is 41.4 Å². The van der Waals surface area contributed by atoms with Crippen LogP contribution in [0.3, 0.4) is 0 Å². The first kappa shape index (κ1) is 52.1. The number of nitro groups is 2. The zero-order chi connectivity index (χ0) is 51.2. The van der Waals surface area contributed by atoms with Gasteiger partial charge in [-0.1, -0.05) is 88.4 Å². The van der Waals surface area contributed by atoms with Crippen LogP contribution in [0, 0.1) is 32.1 Å². The lowest BCUT2D eigenvalue weighted by molar-refractivity contribution is -0.385. The van der Waals surface area contributed by atoms with Gasteiger partial charge in [-0.3, -0.25) is 20.2 Å². The minimum absolute atomic E-state index is 0.119. The van der Waals surface area contributed by atoms with E-state index in [1.54, 1.807) is 81.4 Å². The first-order valence-electron chi connectivity index (χ1n) is 23.5. The molecule has 0 saturated heterocycles. The van der Waals surface area contributed by atoms with Crippen LogP contribution in [-0.4, -0.2) is 82.6 Å². The average Bonchev–Trinajstić information content (AvgIpc) is 3.83. The van der Waals surface area contributed by atoms with Crippen LogP contribution in [0.25, 0.3) is 0 Å². The largest absolute Gasteiger partial charge is 0.462 e. The zero-order valence-electron chi connectivity index (χ0n) is 41.4. The van der Waals surface area contributed by atoms with Gasteiger partial charge in [0.2, 0.25) is 0 Å². The lowest BCUT2D eigenvalue weighted by Gasteiger charge is -2.46. The summed E-state index contributed by atoms with van der Waals surface area (Å²) < 4.78 is 23.2. The third-order valence-electron chi connectivity index (χ3n) is 12.0. The number of anilines is 2. The van der Waals surface area contributed by atoms with E-state index in [9.17, 15) is 39.4 Å². The minimum Gasteiger partial charge on any atom is -0.462 e. The normalized spacial score (nSPS) is 17.1. The first-order valence-corrected chi connectivity index (χ1v) is 23.5. The molecule has 70 heavy (non-hydrogen) atoms. The first-order chi connectivity index (χ1) is 32.9. The van der Waals surface area contributed by atoms with Gasteiger partial charge >= 0.3 is 24.1 Å². The average molecular weight is 965 g/mol. The van der Waals surface area contributed by atoms with Crippen molar-refractivity contribution in [1.82, 2.24) is 10.6 Å². The molecule has 18 nitrogen and oxygen atoms in total. The van der Waals surface area contributed by atoms with Crippen molar-refractivity contribution in [2.24, 2.45) is 11.8 Å². The van der Waals surface area contributed by atoms with E-state index in [1.165, 1.54) is 24.3 Å². The number of non-ortho nitro benzene ring substituents is 2. The van der Waals surface area contributed by atoms with Gasteiger partial charge in [0.05, 0.1) is 34.0 Å². The van der Waals surface area contributed by atoms with Crippen LogP contribution in [0.15, 0.2) is 97.1 Å². The Morgan fingerprint density at radius 3 is 1.23 bits per heavy atom. The maximum absolute atomic E-state index is 14.0. The van der Waals surface area contributed by atoms with E-state index in [4.69, 9.17) is 18.9 Å². The number of nitro benzene ring substituents is 2. The maximum Gasteiger partial charge on any atom is 0.408 e. The molecule has 0 radical (unpaired) electrons. The van der Waals surface area contributed by atoms with Gasteiger partial charge < -0.3 is 39.4 Å². The monoisotopic (exact) mass is 964 g/mol. The van der Waals surface area contributed by atoms with E-state index in [0.29, 0.717) is 22.5 Å². The number of carbonyl (C=O) groups excluding carboxylic acids is 4. The van der Waals surface area contributed by atoms with E-state index >= 15 is 0 Å². The van der Waals surface area contributed by atoms with E-state index in [1.807, 2.05) is 60.7 Å². The highest BCUT2D eigenvalue weighted by Crippen LogP contribution is 2.51. The molecule has 0 saturated carbocycles. The van der Waals surface area contributed by atoms with E-state index in [2.05, 4.69) is 20.4 Å². The number of nitrogens with zero attached hydrogens (tertiary/aromatic N) is 4. The van der Waals surface area contributed by atoms with Crippen molar-refractivity contribution < 1.29 is 48.0 Å². The van der Waals surface area contributed by atoms with Crippen molar-refractivity contribution in [2.45, 2.75) is 130 Å². The summed E-state index contributed by atoms with van der Waals surface area (Å²) in [6.07, 6.45) is -1.11. The van der Waals surface area contributed by atoms with Crippen LogP contribution in [0.5, 0.6) is 0 Å². The molecule has 6 rings (SSSR count). The molecule has 0 bridgehead atoms. The Hall–Kier alpha value is -7.24. The van der Waals surface area contributed by atoms with Crippen molar-refractivity contribution in [3.05, 3.63) is 140 Å². The number of hydrogen-bond acceptors (Lipinski definition) is 14. The number of fused-ring (bicyclic) bond motifs is 2. The topological polar surface area (TPSA) is 222 Å². The van der Waals surface area contributed by atoms with Crippen LogP contribution >= 0.6 is 0 Å². The Kier molecular flexibility index (Phi) is 16.1. The fourth-order valence-electron chi connectivity index (χ4n) is 9.02. The lowest BCUT2D eigenvalue weighted by Crippen LogP contribution is -2.51. The molecule has 4 aromatic rings. The summed E-state index contributed by atoms with van der Waals surface area (Å²) in [6, 6.07) is 23.7. The molecule has 2 heterocycles. The highest BCUT2D eigenvalue weighted by Gasteiger charge is 2.47. The molecule has 18 heteroatoms. The van der Waals surface area contributed by atoms with E-state index < -0.39 is 81.4 Å². The van der Waals surface area contributed by atoms with Gasteiger partial charge in [0.15, 0.2) is 0 Å². The molecule has 2 aliphatic rings. The predicted octanol–water partition coefficient (Wildman–Crippen LogP) is 9.33. The summed E-state index contributed by atoms with van der Waals surface area (Å²) in [5, 5.41) is 29.7. The number of nitrogens with one attached hydrogen (secondary N) is 2. The fraction of sp³-hybridized carbons (Fsp3) is 0.462. The zero-order valence-corrected chi connectivity index (χ0v) is 41.4. The van der Waals surface area contributed by atoms with Gasteiger partial charge in [-0.25, -0.2) is 19.2 Å². The van der Waals surface area contributed by atoms with Gasteiger partial charge in [0.25, 0.3) is 11.4 Å². The standard InChI is InChI=1S/C52H64N6O12/c1-31(2)43(53-49(61)69-51(5,6)7)47(59)67-29-39-27-35-25-37(57(63)64)21-23-41(35)55(39)45(33-17-13-11-14-18-33)46(34-19-15-12-16-20-34)56-40(28-36-26-38(58(65)66)22-24-42(36)56)30-68-48(60)44(32(3)4)54-50(62)70-52(8,9)10/h11-26,31-32,39-40,43-46H,27-30H2,1-10H3,(H,53,61)(H,54,62). The van der Waals surface area contributed by atoms with E-state index in [-0.39, 0.29) is 49.3 Å². The Labute approximate surface area is 408 Å². The molecule has 0 fully saturated rings. The summed E-state index contributed by atoms with van der Waals surface area (Å²) in [7, 11) is 0. The number of hydrogen-bond donors (Lipinski definition) is 2. The molecule has 2 N–H and O–H groups in total. The summed E-state index contributed by atoms with van der Waals surface area (Å²) in [5.41, 5.74) is 2.29. The van der Waals surface area contributed by atoms with Gasteiger partial charge in [-0.15, -0.1) is 0 Å².